The molecule has 1 aromatic rings. The van der Waals surface area contributed by atoms with Crippen LogP contribution in [0.15, 0.2) is 76.2 Å². The average molecular weight is 228 g/mol. The second-order valence-electron chi connectivity index (χ2n) is 3.66. The van der Waals surface area contributed by atoms with Gasteiger partial charge in [-0.2, -0.15) is 10.9 Å². The van der Waals surface area contributed by atoms with E-state index in [1.165, 1.54) is 9.80 Å². The SMILES string of the molecule is C[SH](C1=C=C/C=C\C/C=C\1)c1ccccc1. The van der Waals surface area contributed by atoms with Crippen molar-refractivity contribution < 1.29 is 0 Å². The van der Waals surface area contributed by atoms with E-state index >= 15 is 0 Å². The summed E-state index contributed by atoms with van der Waals surface area (Å²) in [7, 11) is -0.269. The Morgan fingerprint density at radius 1 is 1.12 bits per heavy atom. The first-order chi connectivity index (χ1) is 7.88. The second kappa shape index (κ2) is 5.60. The van der Waals surface area contributed by atoms with E-state index in [0.29, 0.717) is 0 Å². The van der Waals surface area contributed by atoms with Crippen molar-refractivity contribution in [3.05, 3.63) is 71.3 Å². The van der Waals surface area contributed by atoms with E-state index in [-0.39, 0.29) is 10.9 Å². The minimum Gasteiger partial charge on any atom is -0.196 e. The Labute approximate surface area is 100 Å². The van der Waals surface area contributed by atoms with Gasteiger partial charge in [0.25, 0.3) is 0 Å². The van der Waals surface area contributed by atoms with Crippen LogP contribution >= 0.6 is 10.9 Å². The lowest BCUT2D eigenvalue weighted by Gasteiger charge is -2.16. The van der Waals surface area contributed by atoms with Gasteiger partial charge in [-0.3, -0.25) is 0 Å². The standard InChI is InChI=1S/C15H16S/c1-16(15-12-8-5-9-13-15)14-10-6-3-2-4-7-11-14/h2-3,5-9,11-13,16H,4H2,1H3/b3-2-,11-7-. The normalized spacial score (nSPS) is 21.6. The molecule has 0 bridgehead atoms. The van der Waals surface area contributed by atoms with Gasteiger partial charge in [-0.05, 0) is 41.9 Å². The van der Waals surface area contributed by atoms with Crippen LogP contribution in [0.5, 0.6) is 0 Å². The molecule has 0 saturated heterocycles. The summed E-state index contributed by atoms with van der Waals surface area (Å²) >= 11 is 0. The van der Waals surface area contributed by atoms with E-state index in [1.54, 1.807) is 0 Å². The molecule has 16 heavy (non-hydrogen) atoms. The van der Waals surface area contributed by atoms with E-state index in [2.05, 4.69) is 66.6 Å². The van der Waals surface area contributed by atoms with E-state index < -0.39 is 0 Å². The van der Waals surface area contributed by atoms with Gasteiger partial charge in [-0.15, -0.1) is 5.73 Å². The van der Waals surface area contributed by atoms with Gasteiger partial charge in [0.1, 0.15) is 0 Å². The minimum atomic E-state index is -0.269. The molecule has 1 atom stereocenters. The molecule has 1 heteroatoms. The molecule has 0 spiro atoms. The second-order valence-corrected chi connectivity index (χ2v) is 5.77. The van der Waals surface area contributed by atoms with Gasteiger partial charge < -0.3 is 0 Å². The van der Waals surface area contributed by atoms with Crippen LogP contribution in [0, 0.1) is 0 Å². The summed E-state index contributed by atoms with van der Waals surface area (Å²) in [6.07, 6.45) is 13.9. The molecule has 2 rings (SSSR count). The van der Waals surface area contributed by atoms with Crippen molar-refractivity contribution in [1.29, 1.82) is 0 Å². The van der Waals surface area contributed by atoms with Crippen LogP contribution < -0.4 is 0 Å². The molecule has 1 aliphatic carbocycles. The number of rotatable bonds is 2. The lowest BCUT2D eigenvalue weighted by Crippen LogP contribution is -1.83. The summed E-state index contributed by atoms with van der Waals surface area (Å²) in [6.45, 7) is 0. The smallest absolute Gasteiger partial charge is 0.0331 e. The minimum absolute atomic E-state index is 0.269. The molecule has 0 N–H and O–H groups in total. The van der Waals surface area contributed by atoms with Crippen LogP contribution in [0.3, 0.4) is 0 Å². The van der Waals surface area contributed by atoms with E-state index in [9.17, 15) is 0 Å². The molecule has 1 aliphatic rings. The molecule has 0 amide bonds. The van der Waals surface area contributed by atoms with Crippen LogP contribution in [0.25, 0.3) is 0 Å². The summed E-state index contributed by atoms with van der Waals surface area (Å²) in [5.74, 6) is 0. The van der Waals surface area contributed by atoms with Gasteiger partial charge in [0.05, 0.1) is 0 Å². The average Bonchev–Trinajstić information content (AvgIpc) is 2.29. The molecule has 0 aliphatic heterocycles. The van der Waals surface area contributed by atoms with Gasteiger partial charge in [0, 0.05) is 4.91 Å². The van der Waals surface area contributed by atoms with Gasteiger partial charge >= 0.3 is 0 Å². The van der Waals surface area contributed by atoms with Crippen LogP contribution in [0.4, 0.5) is 0 Å². The fourth-order valence-corrected chi connectivity index (χ4v) is 3.08. The fourth-order valence-electron chi connectivity index (χ4n) is 1.59. The van der Waals surface area contributed by atoms with E-state index in [1.807, 2.05) is 6.08 Å². The summed E-state index contributed by atoms with van der Waals surface area (Å²) < 4.78 is 0. The molecule has 0 fully saturated rings. The maximum absolute atomic E-state index is 3.37. The highest BCUT2D eigenvalue weighted by molar-refractivity contribution is 8.20. The Balaban J connectivity index is 2.31. The predicted molar refractivity (Wildman–Crippen MR) is 74.1 cm³/mol. The molecule has 0 radical (unpaired) electrons. The van der Waals surface area contributed by atoms with Crippen molar-refractivity contribution in [2.45, 2.75) is 11.3 Å². The van der Waals surface area contributed by atoms with Crippen molar-refractivity contribution in [2.24, 2.45) is 0 Å². The highest BCUT2D eigenvalue weighted by atomic mass is 32.2. The highest BCUT2D eigenvalue weighted by Crippen LogP contribution is 2.40. The lowest BCUT2D eigenvalue weighted by molar-refractivity contribution is 1.38. The molecule has 0 aromatic heterocycles. The Morgan fingerprint density at radius 3 is 2.75 bits per heavy atom. The fraction of sp³-hybridized carbons (Fsp3) is 0.133. The van der Waals surface area contributed by atoms with E-state index in [0.717, 1.165) is 6.42 Å². The third kappa shape index (κ3) is 2.79. The summed E-state index contributed by atoms with van der Waals surface area (Å²) in [4.78, 5) is 2.72. The zero-order valence-electron chi connectivity index (χ0n) is 9.43. The van der Waals surface area contributed by atoms with Gasteiger partial charge in [-0.1, -0.05) is 36.4 Å². The van der Waals surface area contributed by atoms with Gasteiger partial charge in [0.15, 0.2) is 0 Å². The zero-order chi connectivity index (χ0) is 11.2. The summed E-state index contributed by atoms with van der Waals surface area (Å²) in [6, 6.07) is 10.7. The number of hydrogen-bond donors (Lipinski definition) is 1. The quantitative estimate of drug-likeness (QED) is 0.568. The summed E-state index contributed by atoms with van der Waals surface area (Å²) in [5, 5.41) is 0. The van der Waals surface area contributed by atoms with Gasteiger partial charge in [0.2, 0.25) is 0 Å². The topological polar surface area (TPSA) is 0 Å². The zero-order valence-corrected chi connectivity index (χ0v) is 10.3. The third-order valence-electron chi connectivity index (χ3n) is 2.52. The third-order valence-corrected chi connectivity index (χ3v) is 4.59. The largest absolute Gasteiger partial charge is 0.196 e. The molecular weight excluding hydrogens is 212 g/mol. The number of benzene rings is 1. The first-order valence-electron chi connectivity index (χ1n) is 5.45. The lowest BCUT2D eigenvalue weighted by atomic mass is 10.3. The van der Waals surface area contributed by atoms with Crippen molar-refractivity contribution in [3.63, 3.8) is 0 Å². The van der Waals surface area contributed by atoms with Crippen LogP contribution in [-0.4, -0.2) is 6.26 Å². The molecular formula is C15H16S. The molecule has 1 aromatic carbocycles. The molecule has 1 unspecified atom stereocenters. The van der Waals surface area contributed by atoms with Gasteiger partial charge in [-0.25, -0.2) is 0 Å². The molecule has 0 nitrogen and oxygen atoms in total. The maximum Gasteiger partial charge on any atom is 0.0331 e. The van der Waals surface area contributed by atoms with Crippen LogP contribution in [-0.2, 0) is 0 Å². The van der Waals surface area contributed by atoms with Crippen LogP contribution in [0.2, 0.25) is 0 Å². The van der Waals surface area contributed by atoms with E-state index in [4.69, 9.17) is 0 Å². The maximum atomic E-state index is 3.37. The van der Waals surface area contributed by atoms with Crippen molar-refractivity contribution >= 4 is 10.9 Å². The van der Waals surface area contributed by atoms with Crippen LogP contribution in [0.1, 0.15) is 6.42 Å². The van der Waals surface area contributed by atoms with Crippen molar-refractivity contribution in [2.75, 3.05) is 6.26 Å². The Hall–Kier alpha value is -1.43. The van der Waals surface area contributed by atoms with Crippen molar-refractivity contribution in [3.8, 4) is 0 Å². The predicted octanol–water partition coefficient (Wildman–Crippen LogP) is 4.23. The first kappa shape index (κ1) is 11.1. The number of thiol groups is 1. The number of hydrogen-bond acceptors (Lipinski definition) is 0. The molecule has 0 heterocycles. The van der Waals surface area contributed by atoms with Crippen molar-refractivity contribution in [1.82, 2.24) is 0 Å². The number of allylic oxidation sites excluding steroid dienone is 4. The Bertz CT molecular complexity index is 459. The highest BCUT2D eigenvalue weighted by Gasteiger charge is 2.03. The summed E-state index contributed by atoms with van der Waals surface area (Å²) in [5.41, 5.74) is 3.37. The Morgan fingerprint density at radius 2 is 1.94 bits per heavy atom. The monoisotopic (exact) mass is 228 g/mol. The first-order valence-corrected chi connectivity index (χ1v) is 7.24. The molecule has 82 valence electrons. The molecule has 0 saturated carbocycles. The Kier molecular flexibility index (Phi) is 3.87.